The molecule has 0 bridgehead atoms. The minimum absolute atomic E-state index is 0.0267. The minimum Gasteiger partial charge on any atom is -0.484 e. The van der Waals surface area contributed by atoms with Crippen LogP contribution < -0.4 is 15.7 Å². The Balaban J connectivity index is 1.64. The van der Waals surface area contributed by atoms with Crippen LogP contribution in [0.15, 0.2) is 35.1 Å². The topological polar surface area (TPSA) is 87.0 Å². The molecule has 1 atom stereocenters. The lowest BCUT2D eigenvalue weighted by Crippen LogP contribution is -2.31. The van der Waals surface area contributed by atoms with Gasteiger partial charge in [0, 0.05) is 17.7 Å². The van der Waals surface area contributed by atoms with E-state index in [1.165, 1.54) is 0 Å². The molecule has 6 nitrogen and oxygen atoms in total. The van der Waals surface area contributed by atoms with Gasteiger partial charge < -0.3 is 20.0 Å². The van der Waals surface area contributed by atoms with Crippen LogP contribution >= 0.6 is 0 Å². The number of nitrogens with one attached hydrogen (secondary N) is 3. The molecule has 3 rings (SSSR count). The summed E-state index contributed by atoms with van der Waals surface area (Å²) in [6.07, 6.45) is 0. The summed E-state index contributed by atoms with van der Waals surface area (Å²) in [5, 5.41) is 2.75. The average Bonchev–Trinajstić information content (AvgIpc) is 2.97. The Morgan fingerprint density at radius 1 is 1.10 bits per heavy atom. The number of hydrogen-bond donors (Lipinski definition) is 3. The maximum atomic E-state index is 14.2. The highest BCUT2D eigenvalue weighted by Gasteiger charge is 2.24. The van der Waals surface area contributed by atoms with E-state index >= 15 is 0 Å². The molecule has 154 valence electrons. The van der Waals surface area contributed by atoms with Crippen molar-refractivity contribution < 1.29 is 18.3 Å². The Labute approximate surface area is 166 Å². The molecule has 0 saturated carbocycles. The number of imidazole rings is 1. The molecule has 1 amide bonds. The lowest BCUT2D eigenvalue weighted by Gasteiger charge is -2.21. The van der Waals surface area contributed by atoms with E-state index in [2.05, 4.69) is 15.3 Å². The van der Waals surface area contributed by atoms with Gasteiger partial charge in [-0.1, -0.05) is 26.8 Å². The van der Waals surface area contributed by atoms with Crippen molar-refractivity contribution in [2.45, 2.75) is 39.2 Å². The molecule has 1 heterocycles. The van der Waals surface area contributed by atoms with Gasteiger partial charge in [0.25, 0.3) is 5.91 Å². The molecule has 0 fully saturated rings. The standard InChI is InChI=1S/C21H23F2N3O3/c1-11(12-5-6-16-17(7-12)26-20(28)25-16)24-18(27)10-29-13-8-14(22)19(15(23)9-13)21(2,3)4/h5-9,11H,10H2,1-4H3,(H,24,27)(H2,25,26,28). The predicted octanol–water partition coefficient (Wildman–Crippen LogP) is 3.69. The van der Waals surface area contributed by atoms with E-state index < -0.39 is 23.0 Å². The molecule has 0 spiro atoms. The molecule has 0 saturated heterocycles. The SMILES string of the molecule is CC(NC(=O)COc1cc(F)c(C(C)(C)C)c(F)c1)c1ccc2[nH]c(=O)[nH]c2c1. The molecule has 1 aromatic heterocycles. The maximum absolute atomic E-state index is 14.2. The molecule has 29 heavy (non-hydrogen) atoms. The van der Waals surface area contributed by atoms with Crippen molar-refractivity contribution in [2.75, 3.05) is 6.61 Å². The Hall–Kier alpha value is -3.16. The maximum Gasteiger partial charge on any atom is 0.323 e. The van der Waals surface area contributed by atoms with Gasteiger partial charge in [-0.3, -0.25) is 4.79 Å². The van der Waals surface area contributed by atoms with Gasteiger partial charge in [-0.15, -0.1) is 0 Å². The van der Waals surface area contributed by atoms with Gasteiger partial charge in [-0.05, 0) is 30.0 Å². The molecular weight excluding hydrogens is 380 g/mol. The van der Waals surface area contributed by atoms with Crippen molar-refractivity contribution in [2.24, 2.45) is 0 Å². The van der Waals surface area contributed by atoms with Crippen LogP contribution in [-0.2, 0) is 10.2 Å². The van der Waals surface area contributed by atoms with Crippen LogP contribution in [0.5, 0.6) is 5.75 Å². The smallest absolute Gasteiger partial charge is 0.323 e. The Kier molecular flexibility index (Phi) is 5.46. The fraction of sp³-hybridized carbons (Fsp3) is 0.333. The number of ether oxygens (including phenoxy) is 1. The molecule has 8 heteroatoms. The first kappa shape index (κ1) is 20.6. The van der Waals surface area contributed by atoms with Gasteiger partial charge in [0.1, 0.15) is 17.4 Å². The quantitative estimate of drug-likeness (QED) is 0.607. The van der Waals surface area contributed by atoms with E-state index in [4.69, 9.17) is 4.74 Å². The number of aromatic nitrogens is 2. The summed E-state index contributed by atoms with van der Waals surface area (Å²) >= 11 is 0. The van der Waals surface area contributed by atoms with E-state index in [0.717, 1.165) is 17.7 Å². The highest BCUT2D eigenvalue weighted by atomic mass is 19.1. The fourth-order valence-electron chi connectivity index (χ4n) is 3.18. The van der Waals surface area contributed by atoms with Crippen LogP contribution in [0.2, 0.25) is 0 Å². The summed E-state index contributed by atoms with van der Waals surface area (Å²) in [6.45, 7) is 6.53. The van der Waals surface area contributed by atoms with E-state index in [1.54, 1.807) is 45.9 Å². The van der Waals surface area contributed by atoms with E-state index in [-0.39, 0.29) is 29.7 Å². The number of H-pyrrole nitrogens is 2. The molecule has 0 aliphatic carbocycles. The van der Waals surface area contributed by atoms with E-state index in [9.17, 15) is 18.4 Å². The fourth-order valence-corrected chi connectivity index (χ4v) is 3.18. The highest BCUT2D eigenvalue weighted by Crippen LogP contribution is 2.30. The van der Waals surface area contributed by atoms with Crippen molar-refractivity contribution >= 4 is 16.9 Å². The number of fused-ring (bicyclic) bond motifs is 1. The van der Waals surface area contributed by atoms with Crippen LogP contribution in [-0.4, -0.2) is 22.5 Å². The molecule has 0 aliphatic rings. The Morgan fingerprint density at radius 2 is 1.72 bits per heavy atom. The van der Waals surface area contributed by atoms with Gasteiger partial charge >= 0.3 is 5.69 Å². The number of benzene rings is 2. The monoisotopic (exact) mass is 403 g/mol. The van der Waals surface area contributed by atoms with Crippen LogP contribution in [0.1, 0.15) is 44.9 Å². The molecule has 3 N–H and O–H groups in total. The zero-order chi connectivity index (χ0) is 21.3. The largest absolute Gasteiger partial charge is 0.484 e. The predicted molar refractivity (Wildman–Crippen MR) is 106 cm³/mol. The van der Waals surface area contributed by atoms with Crippen molar-refractivity contribution in [1.82, 2.24) is 15.3 Å². The lowest BCUT2D eigenvalue weighted by atomic mass is 9.86. The molecule has 2 aromatic carbocycles. The summed E-state index contributed by atoms with van der Waals surface area (Å²) in [5.74, 6) is -1.92. The van der Waals surface area contributed by atoms with E-state index in [0.29, 0.717) is 11.0 Å². The second kappa shape index (κ2) is 7.69. The van der Waals surface area contributed by atoms with Crippen molar-refractivity contribution in [3.8, 4) is 5.75 Å². The number of carbonyl (C=O) groups is 1. The third kappa shape index (κ3) is 4.64. The third-order valence-electron chi connectivity index (χ3n) is 4.55. The van der Waals surface area contributed by atoms with Crippen LogP contribution in [0.3, 0.4) is 0 Å². The Morgan fingerprint density at radius 3 is 2.34 bits per heavy atom. The van der Waals surface area contributed by atoms with Crippen LogP contribution in [0, 0.1) is 11.6 Å². The average molecular weight is 403 g/mol. The van der Waals surface area contributed by atoms with E-state index in [1.807, 2.05) is 0 Å². The van der Waals surface area contributed by atoms with Crippen molar-refractivity contribution in [3.63, 3.8) is 0 Å². The van der Waals surface area contributed by atoms with Gasteiger partial charge in [-0.2, -0.15) is 0 Å². The van der Waals surface area contributed by atoms with Gasteiger partial charge in [0.05, 0.1) is 17.1 Å². The molecule has 3 aromatic rings. The lowest BCUT2D eigenvalue weighted by molar-refractivity contribution is -0.123. The molecule has 0 radical (unpaired) electrons. The number of hydrogen-bond acceptors (Lipinski definition) is 3. The summed E-state index contributed by atoms with van der Waals surface area (Å²) in [4.78, 5) is 28.8. The molecule has 0 aliphatic heterocycles. The van der Waals surface area contributed by atoms with Crippen molar-refractivity contribution in [1.29, 1.82) is 0 Å². The minimum atomic E-state index is -0.713. The highest BCUT2D eigenvalue weighted by molar-refractivity contribution is 5.79. The zero-order valence-corrected chi connectivity index (χ0v) is 16.7. The van der Waals surface area contributed by atoms with Gasteiger partial charge in [-0.25, -0.2) is 13.6 Å². The molecular formula is C21H23F2N3O3. The zero-order valence-electron chi connectivity index (χ0n) is 16.7. The first-order valence-corrected chi connectivity index (χ1v) is 9.18. The summed E-state index contributed by atoms with van der Waals surface area (Å²) < 4.78 is 33.8. The second-order valence-electron chi connectivity index (χ2n) is 7.97. The number of aromatic amines is 2. The van der Waals surface area contributed by atoms with Crippen LogP contribution in [0.25, 0.3) is 11.0 Å². The first-order chi connectivity index (χ1) is 13.5. The molecule has 1 unspecified atom stereocenters. The third-order valence-corrected chi connectivity index (χ3v) is 4.55. The summed E-state index contributed by atoms with van der Waals surface area (Å²) in [7, 11) is 0. The van der Waals surface area contributed by atoms with Crippen LogP contribution in [0.4, 0.5) is 8.78 Å². The summed E-state index contributed by atoms with van der Waals surface area (Å²) in [5.41, 5.74) is 1.07. The summed E-state index contributed by atoms with van der Waals surface area (Å²) in [6, 6.07) is 7.09. The number of halogens is 2. The number of carbonyl (C=O) groups excluding carboxylic acids is 1. The van der Waals surface area contributed by atoms with Crippen molar-refractivity contribution in [3.05, 3.63) is 63.6 Å². The van der Waals surface area contributed by atoms with Gasteiger partial charge in [0.2, 0.25) is 0 Å². The Bertz CT molecular complexity index is 1090. The van der Waals surface area contributed by atoms with Gasteiger partial charge in [0.15, 0.2) is 6.61 Å². The number of amides is 1. The number of rotatable bonds is 5. The first-order valence-electron chi connectivity index (χ1n) is 9.18. The normalized spacial score (nSPS) is 12.8. The second-order valence-corrected chi connectivity index (χ2v) is 7.97.